The zero-order valence-corrected chi connectivity index (χ0v) is 12.8. The number of rotatable bonds is 3. The maximum absolute atomic E-state index is 9.82. The summed E-state index contributed by atoms with van der Waals surface area (Å²) in [6, 6.07) is 8.96. The van der Waals surface area contributed by atoms with E-state index in [1.807, 2.05) is 6.07 Å². The van der Waals surface area contributed by atoms with Crippen LogP contribution in [0.25, 0.3) is 22.7 Å². The first-order valence-corrected chi connectivity index (χ1v) is 7.71. The highest BCUT2D eigenvalue weighted by Crippen LogP contribution is 2.33. The molecule has 4 N–H and O–H groups in total. The third-order valence-electron chi connectivity index (χ3n) is 4.19. The fourth-order valence-electron chi connectivity index (χ4n) is 2.88. The van der Waals surface area contributed by atoms with Crippen molar-refractivity contribution in [1.29, 1.82) is 0 Å². The number of aromatic nitrogens is 2. The highest BCUT2D eigenvalue weighted by Gasteiger charge is 2.34. The average Bonchev–Trinajstić information content (AvgIpc) is 3.17. The van der Waals surface area contributed by atoms with E-state index < -0.39 is 12.2 Å². The summed E-state index contributed by atoms with van der Waals surface area (Å²) < 4.78 is 11.3. The minimum atomic E-state index is -0.665. The molecule has 0 aliphatic carbocycles. The predicted molar refractivity (Wildman–Crippen MR) is 87.0 cm³/mol. The molecule has 1 aliphatic heterocycles. The van der Waals surface area contributed by atoms with Gasteiger partial charge in [-0.05, 0) is 23.8 Å². The van der Waals surface area contributed by atoms with E-state index in [1.54, 1.807) is 30.5 Å². The molecular formula is C17H17N3O4. The number of pyridine rings is 1. The minimum Gasteiger partial charge on any atom is -0.435 e. The van der Waals surface area contributed by atoms with Crippen molar-refractivity contribution in [3.05, 3.63) is 42.1 Å². The topological polar surface area (TPSA) is 115 Å². The Hall–Kier alpha value is -2.48. The molecule has 3 atom stereocenters. The lowest BCUT2D eigenvalue weighted by Gasteiger charge is -2.12. The third kappa shape index (κ3) is 2.62. The molecule has 7 nitrogen and oxygen atoms in total. The van der Waals surface area contributed by atoms with Gasteiger partial charge in [0, 0.05) is 24.4 Å². The van der Waals surface area contributed by atoms with Crippen molar-refractivity contribution in [3.63, 3.8) is 0 Å². The maximum atomic E-state index is 9.82. The van der Waals surface area contributed by atoms with Gasteiger partial charge >= 0.3 is 0 Å². The van der Waals surface area contributed by atoms with Crippen molar-refractivity contribution in [2.45, 2.75) is 24.7 Å². The van der Waals surface area contributed by atoms with Crippen LogP contribution in [0.3, 0.4) is 0 Å². The number of nitrogen functional groups attached to an aromatic ring is 1. The molecule has 24 heavy (non-hydrogen) atoms. The van der Waals surface area contributed by atoms with E-state index in [1.165, 1.54) is 0 Å². The van der Waals surface area contributed by atoms with Gasteiger partial charge in [0.25, 0.3) is 0 Å². The molecule has 0 radical (unpaired) electrons. The largest absolute Gasteiger partial charge is 0.435 e. The molecule has 0 spiro atoms. The Balaban J connectivity index is 1.59. The average molecular weight is 327 g/mol. The van der Waals surface area contributed by atoms with Crippen molar-refractivity contribution >= 4 is 16.8 Å². The molecule has 3 heterocycles. The summed E-state index contributed by atoms with van der Waals surface area (Å²) in [4.78, 5) is 8.78. The second-order valence-corrected chi connectivity index (χ2v) is 5.87. The third-order valence-corrected chi connectivity index (χ3v) is 4.19. The van der Waals surface area contributed by atoms with E-state index in [9.17, 15) is 5.11 Å². The number of benzene rings is 1. The summed E-state index contributed by atoms with van der Waals surface area (Å²) >= 11 is 0. The second-order valence-electron chi connectivity index (χ2n) is 5.87. The quantitative estimate of drug-likeness (QED) is 0.627. The second kappa shape index (κ2) is 5.86. The number of anilines is 1. The molecular weight excluding hydrogens is 310 g/mol. The number of fused-ring (bicyclic) bond motifs is 1. The molecule has 1 fully saturated rings. The summed E-state index contributed by atoms with van der Waals surface area (Å²) in [5, 5.41) is 19.0. The number of aliphatic hydroxyl groups is 2. The van der Waals surface area contributed by atoms with E-state index in [0.29, 0.717) is 29.3 Å². The molecule has 1 aliphatic rings. The highest BCUT2D eigenvalue weighted by molar-refractivity contribution is 5.78. The summed E-state index contributed by atoms with van der Waals surface area (Å²) in [5.41, 5.74) is 9.13. The van der Waals surface area contributed by atoms with Crippen LogP contribution in [-0.4, -0.2) is 39.0 Å². The van der Waals surface area contributed by atoms with Crippen molar-refractivity contribution in [3.8, 4) is 11.6 Å². The summed E-state index contributed by atoms with van der Waals surface area (Å²) in [6.45, 7) is -0.199. The van der Waals surface area contributed by atoms with Crippen LogP contribution in [0.15, 0.2) is 40.9 Å². The van der Waals surface area contributed by atoms with E-state index in [-0.39, 0.29) is 12.7 Å². The van der Waals surface area contributed by atoms with Crippen LogP contribution in [-0.2, 0) is 4.74 Å². The van der Waals surface area contributed by atoms with Crippen molar-refractivity contribution in [2.75, 3.05) is 12.3 Å². The van der Waals surface area contributed by atoms with Gasteiger partial charge in [-0.2, -0.15) is 0 Å². The Morgan fingerprint density at radius 2 is 2.12 bits per heavy atom. The van der Waals surface area contributed by atoms with Gasteiger partial charge in [0.2, 0.25) is 5.89 Å². The number of aliphatic hydroxyl groups excluding tert-OH is 2. The first-order valence-electron chi connectivity index (χ1n) is 7.71. The zero-order valence-electron chi connectivity index (χ0n) is 12.8. The van der Waals surface area contributed by atoms with Gasteiger partial charge in [-0.25, -0.2) is 4.98 Å². The monoisotopic (exact) mass is 327 g/mol. The number of ether oxygens (including phenoxy) is 1. The van der Waals surface area contributed by atoms with Crippen LogP contribution in [0.1, 0.15) is 18.1 Å². The van der Waals surface area contributed by atoms with E-state index in [4.69, 9.17) is 20.0 Å². The fourth-order valence-corrected chi connectivity index (χ4v) is 2.88. The first kappa shape index (κ1) is 15.1. The SMILES string of the molecule is Nc1ccc2nc(-c3ccc([C@H]4CC(O)[C@@H](CO)O4)cn3)oc2c1. The zero-order chi connectivity index (χ0) is 16.7. The Morgan fingerprint density at radius 1 is 1.25 bits per heavy atom. The lowest BCUT2D eigenvalue weighted by atomic mass is 10.1. The maximum Gasteiger partial charge on any atom is 0.246 e. The predicted octanol–water partition coefficient (Wildman–Crippen LogP) is 1.66. The van der Waals surface area contributed by atoms with Crippen LogP contribution >= 0.6 is 0 Å². The van der Waals surface area contributed by atoms with E-state index in [0.717, 1.165) is 11.1 Å². The standard InChI is InChI=1S/C17H17N3O4/c18-10-2-4-11-15(5-10)24-17(20-11)12-3-1-9(7-19-12)14-6-13(22)16(8-21)23-14/h1-5,7,13-14,16,21-22H,6,8,18H2/t13?,14-,16-/m1/s1. The summed E-state index contributed by atoms with van der Waals surface area (Å²) in [7, 11) is 0. The highest BCUT2D eigenvalue weighted by atomic mass is 16.5. The Bertz CT molecular complexity index is 862. The van der Waals surface area contributed by atoms with Gasteiger partial charge in [-0.1, -0.05) is 6.07 Å². The normalized spacial score (nSPS) is 23.8. The van der Waals surface area contributed by atoms with Gasteiger partial charge in [0.05, 0.1) is 18.8 Å². The number of hydrogen-bond acceptors (Lipinski definition) is 7. The first-order chi connectivity index (χ1) is 11.6. The fraction of sp³-hybridized carbons (Fsp3) is 0.294. The number of nitrogens with zero attached hydrogens (tertiary/aromatic N) is 2. The molecule has 2 aromatic heterocycles. The number of nitrogens with two attached hydrogens (primary N) is 1. The molecule has 7 heteroatoms. The summed E-state index contributed by atoms with van der Waals surface area (Å²) in [5.74, 6) is 0.419. The Kier molecular flexibility index (Phi) is 3.68. The molecule has 1 saturated heterocycles. The lowest BCUT2D eigenvalue weighted by molar-refractivity contribution is -0.0226. The molecule has 1 aromatic carbocycles. The van der Waals surface area contributed by atoms with Crippen LogP contribution in [0.2, 0.25) is 0 Å². The van der Waals surface area contributed by atoms with Crippen LogP contribution < -0.4 is 5.73 Å². The summed E-state index contributed by atoms with van der Waals surface area (Å²) in [6.07, 6.45) is 0.630. The van der Waals surface area contributed by atoms with Gasteiger partial charge in [0.15, 0.2) is 5.58 Å². The minimum absolute atomic E-state index is 0.199. The smallest absolute Gasteiger partial charge is 0.246 e. The van der Waals surface area contributed by atoms with E-state index >= 15 is 0 Å². The van der Waals surface area contributed by atoms with E-state index in [2.05, 4.69) is 9.97 Å². The number of hydrogen-bond donors (Lipinski definition) is 3. The number of oxazole rings is 1. The van der Waals surface area contributed by atoms with Gasteiger partial charge < -0.3 is 25.1 Å². The van der Waals surface area contributed by atoms with Crippen LogP contribution in [0, 0.1) is 0 Å². The molecule has 3 aromatic rings. The molecule has 0 saturated carbocycles. The van der Waals surface area contributed by atoms with Crippen LogP contribution in [0.5, 0.6) is 0 Å². The lowest BCUT2D eigenvalue weighted by Crippen LogP contribution is -2.24. The molecule has 4 rings (SSSR count). The van der Waals surface area contributed by atoms with Crippen LogP contribution in [0.4, 0.5) is 5.69 Å². The molecule has 0 bridgehead atoms. The molecule has 124 valence electrons. The molecule has 1 unspecified atom stereocenters. The van der Waals surface area contributed by atoms with Gasteiger partial charge in [-0.3, -0.25) is 4.98 Å². The molecule has 0 amide bonds. The van der Waals surface area contributed by atoms with Crippen molar-refractivity contribution in [2.24, 2.45) is 0 Å². The Labute approximate surface area is 137 Å². The van der Waals surface area contributed by atoms with Crippen molar-refractivity contribution < 1.29 is 19.4 Å². The van der Waals surface area contributed by atoms with Gasteiger partial charge in [-0.15, -0.1) is 0 Å². The Morgan fingerprint density at radius 3 is 2.83 bits per heavy atom. The van der Waals surface area contributed by atoms with Gasteiger partial charge in [0.1, 0.15) is 17.3 Å². The van der Waals surface area contributed by atoms with Crippen molar-refractivity contribution in [1.82, 2.24) is 9.97 Å².